The van der Waals surface area contributed by atoms with Crippen LogP contribution in [0.5, 0.6) is 0 Å². The average Bonchev–Trinajstić information content (AvgIpc) is 3.80. The Kier molecular flexibility index (Phi) is 7.67. The Bertz CT molecular complexity index is 3150. The molecular weight excluding hydrogens is 677 g/mol. The number of aromatic nitrogens is 2. The number of nitrogens with zero attached hydrogens (tertiary/aromatic N) is 2. The summed E-state index contributed by atoms with van der Waals surface area (Å²) < 4.78 is 4.92. The number of allylic oxidation sites excluding steroid dienone is 4. The first kappa shape index (κ1) is 32.3. The molecule has 0 amide bonds. The van der Waals surface area contributed by atoms with Crippen LogP contribution in [0, 0.1) is 0 Å². The minimum absolute atomic E-state index is 1.11. The Balaban J connectivity index is 1.08. The molecule has 0 saturated heterocycles. The molecule has 56 heavy (non-hydrogen) atoms. The molecule has 10 aromatic rings. The van der Waals surface area contributed by atoms with Gasteiger partial charge in [-0.25, -0.2) is 0 Å². The van der Waals surface area contributed by atoms with Gasteiger partial charge in [0.1, 0.15) is 0 Å². The van der Waals surface area contributed by atoms with E-state index in [9.17, 15) is 0 Å². The van der Waals surface area contributed by atoms with Gasteiger partial charge in [-0.3, -0.25) is 0 Å². The van der Waals surface area contributed by atoms with E-state index >= 15 is 0 Å². The van der Waals surface area contributed by atoms with Crippen LogP contribution in [0.2, 0.25) is 0 Å². The average molecular weight is 715 g/mol. The van der Waals surface area contributed by atoms with Crippen molar-refractivity contribution in [2.24, 2.45) is 0 Å². The van der Waals surface area contributed by atoms with Crippen molar-refractivity contribution in [2.45, 2.75) is 12.8 Å². The van der Waals surface area contributed by atoms with E-state index in [4.69, 9.17) is 0 Å². The fraction of sp³-hybridized carbons (Fsp3) is 0.0370. The fourth-order valence-electron chi connectivity index (χ4n) is 8.95. The van der Waals surface area contributed by atoms with Gasteiger partial charge in [0.25, 0.3) is 0 Å². The van der Waals surface area contributed by atoms with Crippen LogP contribution < -0.4 is 0 Å². The van der Waals surface area contributed by atoms with E-state index in [1.165, 1.54) is 93.8 Å². The Morgan fingerprint density at radius 2 is 0.911 bits per heavy atom. The van der Waals surface area contributed by atoms with E-state index in [-0.39, 0.29) is 0 Å². The highest BCUT2D eigenvalue weighted by atomic mass is 15.0. The summed E-state index contributed by atoms with van der Waals surface area (Å²) in [6.45, 7) is 0. The molecule has 0 aliphatic heterocycles. The van der Waals surface area contributed by atoms with E-state index < -0.39 is 0 Å². The first-order valence-electron chi connectivity index (χ1n) is 19.6. The lowest BCUT2D eigenvalue weighted by atomic mass is 9.97. The van der Waals surface area contributed by atoms with Crippen LogP contribution in [-0.4, -0.2) is 9.13 Å². The fourth-order valence-corrected chi connectivity index (χ4v) is 8.95. The number of para-hydroxylation sites is 3. The van der Waals surface area contributed by atoms with Crippen molar-refractivity contribution < 1.29 is 0 Å². The van der Waals surface area contributed by atoms with Crippen molar-refractivity contribution in [1.82, 2.24) is 9.13 Å². The zero-order chi connectivity index (χ0) is 37.0. The van der Waals surface area contributed by atoms with E-state index in [1.54, 1.807) is 0 Å². The molecule has 8 aromatic carbocycles. The molecule has 0 atom stereocenters. The van der Waals surface area contributed by atoms with Gasteiger partial charge in [-0.2, -0.15) is 0 Å². The lowest BCUT2D eigenvalue weighted by molar-refractivity contribution is 1.04. The van der Waals surface area contributed by atoms with Gasteiger partial charge in [-0.05, 0) is 94.3 Å². The third-order valence-electron chi connectivity index (χ3n) is 11.6. The van der Waals surface area contributed by atoms with E-state index in [1.807, 2.05) is 0 Å². The third kappa shape index (κ3) is 5.26. The minimum Gasteiger partial charge on any atom is -0.309 e. The van der Waals surface area contributed by atoms with Gasteiger partial charge in [-0.1, -0.05) is 164 Å². The first-order chi connectivity index (χ1) is 27.8. The normalized spacial score (nSPS) is 12.9. The van der Waals surface area contributed by atoms with Gasteiger partial charge >= 0.3 is 0 Å². The molecule has 0 unspecified atom stereocenters. The van der Waals surface area contributed by atoms with Crippen molar-refractivity contribution >= 4 is 49.2 Å². The Labute approximate surface area is 326 Å². The third-order valence-corrected chi connectivity index (χ3v) is 11.6. The molecule has 0 saturated carbocycles. The van der Waals surface area contributed by atoms with Crippen LogP contribution in [0.15, 0.2) is 206 Å². The maximum Gasteiger partial charge on any atom is 0.0549 e. The number of rotatable bonds is 6. The van der Waals surface area contributed by atoms with Gasteiger partial charge in [0.2, 0.25) is 0 Å². The minimum atomic E-state index is 1.11. The number of benzene rings is 8. The lowest BCUT2D eigenvalue weighted by Gasteiger charge is -2.15. The van der Waals surface area contributed by atoms with Crippen molar-refractivity contribution in [3.8, 4) is 44.8 Å². The Morgan fingerprint density at radius 1 is 0.357 bits per heavy atom. The maximum atomic E-state index is 2.47. The summed E-state index contributed by atoms with van der Waals surface area (Å²) >= 11 is 0. The molecule has 0 fully saturated rings. The van der Waals surface area contributed by atoms with Gasteiger partial charge < -0.3 is 9.13 Å². The lowest BCUT2D eigenvalue weighted by Crippen LogP contribution is -1.97. The largest absolute Gasteiger partial charge is 0.309 e. The van der Waals surface area contributed by atoms with Crippen molar-refractivity contribution in [2.75, 3.05) is 0 Å². The van der Waals surface area contributed by atoms with E-state index in [0.717, 1.165) is 18.5 Å². The quantitative estimate of drug-likeness (QED) is 0.162. The van der Waals surface area contributed by atoms with E-state index in [2.05, 4.69) is 215 Å². The molecule has 0 spiro atoms. The van der Waals surface area contributed by atoms with Crippen molar-refractivity contribution in [1.29, 1.82) is 0 Å². The number of fused-ring (bicyclic) bond motifs is 7. The van der Waals surface area contributed by atoms with Crippen LogP contribution in [0.1, 0.15) is 18.4 Å². The summed E-state index contributed by atoms with van der Waals surface area (Å²) in [5, 5.41) is 5.06. The van der Waals surface area contributed by atoms with Crippen molar-refractivity contribution in [3.05, 3.63) is 212 Å². The highest BCUT2D eigenvalue weighted by Gasteiger charge is 2.21. The van der Waals surface area contributed by atoms with Crippen molar-refractivity contribution in [3.63, 3.8) is 0 Å². The predicted molar refractivity (Wildman–Crippen MR) is 238 cm³/mol. The highest BCUT2D eigenvalue weighted by molar-refractivity contribution is 6.29. The summed E-state index contributed by atoms with van der Waals surface area (Å²) in [5.74, 6) is 0. The molecule has 2 heteroatoms. The molecule has 0 N–H and O–H groups in total. The van der Waals surface area contributed by atoms with E-state index in [0.29, 0.717) is 0 Å². The monoisotopic (exact) mass is 714 g/mol. The zero-order valence-electron chi connectivity index (χ0n) is 30.9. The van der Waals surface area contributed by atoms with Crippen LogP contribution in [0.25, 0.3) is 93.9 Å². The second-order valence-corrected chi connectivity index (χ2v) is 14.8. The Morgan fingerprint density at radius 3 is 1.62 bits per heavy atom. The summed E-state index contributed by atoms with van der Waals surface area (Å²) in [5.41, 5.74) is 17.0. The molecule has 2 nitrogen and oxygen atoms in total. The predicted octanol–water partition coefficient (Wildman–Crippen LogP) is 14.6. The SMILES string of the molecule is C1=CC(c2ccc(-c3cccc(-n4c5ccccc5c5c6c7ccccc7n(-c7ccccc7-c7ccc(-c8ccccc8)cc7)c6ccc54)c3)cc2)=CCC1. The summed E-state index contributed by atoms with van der Waals surface area (Å²) in [4.78, 5) is 0. The number of hydrogen-bond acceptors (Lipinski definition) is 0. The van der Waals surface area contributed by atoms with Gasteiger partial charge in [0.05, 0.1) is 27.8 Å². The second-order valence-electron chi connectivity index (χ2n) is 14.8. The summed E-state index contributed by atoms with van der Waals surface area (Å²) in [7, 11) is 0. The zero-order valence-corrected chi connectivity index (χ0v) is 30.9. The summed E-state index contributed by atoms with van der Waals surface area (Å²) in [6, 6.07) is 68.9. The number of hydrogen-bond donors (Lipinski definition) is 0. The standard InChI is InChI=1S/C54H38N2/c1-3-14-37(15-4-1)39-26-28-41(29-27-39)43-18-13-19-44(36-43)55-49-24-11-8-21-46(49)53-51(55)34-35-52-54(53)47-22-9-12-25-50(47)56(52)48-23-10-7-20-45(48)42-32-30-40(31-33-42)38-16-5-2-6-17-38/h2-3,5-36H,1,4H2. The molecule has 2 heterocycles. The first-order valence-corrected chi connectivity index (χ1v) is 19.6. The molecule has 1 aliphatic carbocycles. The second kappa shape index (κ2) is 13.3. The molecule has 1 aliphatic rings. The van der Waals surface area contributed by atoms with Gasteiger partial charge in [-0.15, -0.1) is 0 Å². The molecule has 2 aromatic heterocycles. The highest BCUT2D eigenvalue weighted by Crippen LogP contribution is 2.44. The van der Waals surface area contributed by atoms with Crippen LogP contribution in [-0.2, 0) is 0 Å². The molecule has 0 bridgehead atoms. The molecule has 264 valence electrons. The molecule has 11 rings (SSSR count). The van der Waals surface area contributed by atoms with Crippen LogP contribution >= 0.6 is 0 Å². The smallest absolute Gasteiger partial charge is 0.0549 e. The van der Waals surface area contributed by atoms with Crippen LogP contribution in [0.4, 0.5) is 0 Å². The molecular formula is C54H38N2. The molecule has 0 radical (unpaired) electrons. The topological polar surface area (TPSA) is 9.86 Å². The Hall–Kier alpha value is -7.16. The van der Waals surface area contributed by atoms with Gasteiger partial charge in [0.15, 0.2) is 0 Å². The maximum absolute atomic E-state index is 2.47. The van der Waals surface area contributed by atoms with Crippen LogP contribution in [0.3, 0.4) is 0 Å². The summed E-state index contributed by atoms with van der Waals surface area (Å²) in [6.07, 6.45) is 9.10. The van der Waals surface area contributed by atoms with Gasteiger partial charge in [0, 0.05) is 32.8 Å².